The summed E-state index contributed by atoms with van der Waals surface area (Å²) in [6, 6.07) is 14.2. The van der Waals surface area contributed by atoms with Gasteiger partial charge in [0.1, 0.15) is 0 Å². The Morgan fingerprint density at radius 2 is 1.75 bits per heavy atom. The Bertz CT molecular complexity index is 717. The van der Waals surface area contributed by atoms with E-state index in [-0.39, 0.29) is 11.1 Å². The van der Waals surface area contributed by atoms with E-state index in [0.29, 0.717) is 11.3 Å². The number of hydrogen-bond acceptors (Lipinski definition) is 3. The van der Waals surface area contributed by atoms with Crippen molar-refractivity contribution in [1.29, 1.82) is 5.26 Å². The summed E-state index contributed by atoms with van der Waals surface area (Å²) in [4.78, 5) is 22.9. The van der Waals surface area contributed by atoms with Crippen LogP contribution in [0.15, 0.2) is 48.5 Å². The standard InChI is InChI=1S/C15H10N2O3/c16-9-10-3-1-6-13(7-10)17-14(18)11-4-2-5-12(8-11)15(19)20/h1-8H,(H,17,18)(H,19,20). The fourth-order valence-electron chi connectivity index (χ4n) is 1.66. The summed E-state index contributed by atoms with van der Waals surface area (Å²) in [7, 11) is 0. The number of amides is 1. The number of benzene rings is 2. The molecule has 0 fully saturated rings. The number of rotatable bonds is 3. The molecule has 2 N–H and O–H groups in total. The van der Waals surface area contributed by atoms with Gasteiger partial charge in [0.2, 0.25) is 0 Å². The highest BCUT2D eigenvalue weighted by Crippen LogP contribution is 2.12. The van der Waals surface area contributed by atoms with Gasteiger partial charge in [0.25, 0.3) is 5.91 Å². The molecule has 0 saturated heterocycles. The minimum atomic E-state index is -1.09. The Hall–Kier alpha value is -3.13. The lowest BCUT2D eigenvalue weighted by Gasteiger charge is -2.06. The van der Waals surface area contributed by atoms with Gasteiger partial charge in [-0.25, -0.2) is 4.79 Å². The van der Waals surface area contributed by atoms with Crippen LogP contribution in [0.25, 0.3) is 0 Å². The molecular formula is C15H10N2O3. The molecule has 0 unspecified atom stereocenters. The molecule has 0 aromatic heterocycles. The molecule has 0 spiro atoms. The van der Waals surface area contributed by atoms with E-state index in [4.69, 9.17) is 10.4 Å². The second-order valence-corrected chi connectivity index (χ2v) is 4.03. The van der Waals surface area contributed by atoms with Crippen molar-refractivity contribution in [3.8, 4) is 6.07 Å². The fourth-order valence-corrected chi connectivity index (χ4v) is 1.66. The molecule has 0 aliphatic rings. The Morgan fingerprint density at radius 1 is 1.05 bits per heavy atom. The summed E-state index contributed by atoms with van der Waals surface area (Å²) in [5, 5.41) is 20.3. The third-order valence-corrected chi connectivity index (χ3v) is 2.62. The predicted octanol–water partition coefficient (Wildman–Crippen LogP) is 2.51. The van der Waals surface area contributed by atoms with Crippen molar-refractivity contribution in [2.75, 3.05) is 5.32 Å². The van der Waals surface area contributed by atoms with Crippen molar-refractivity contribution >= 4 is 17.6 Å². The molecule has 1 amide bonds. The van der Waals surface area contributed by atoms with Crippen molar-refractivity contribution in [3.63, 3.8) is 0 Å². The van der Waals surface area contributed by atoms with E-state index in [1.165, 1.54) is 24.3 Å². The number of nitriles is 1. The molecule has 5 nitrogen and oxygen atoms in total. The van der Waals surface area contributed by atoms with Crippen LogP contribution in [0.2, 0.25) is 0 Å². The molecule has 0 radical (unpaired) electrons. The third-order valence-electron chi connectivity index (χ3n) is 2.62. The van der Waals surface area contributed by atoms with Crippen LogP contribution in [0.3, 0.4) is 0 Å². The van der Waals surface area contributed by atoms with E-state index in [1.54, 1.807) is 24.3 Å². The van der Waals surface area contributed by atoms with Gasteiger partial charge in [-0.2, -0.15) is 5.26 Å². The van der Waals surface area contributed by atoms with Gasteiger partial charge in [0.05, 0.1) is 17.2 Å². The second kappa shape index (κ2) is 5.67. The summed E-state index contributed by atoms with van der Waals surface area (Å²) < 4.78 is 0. The first-order valence-electron chi connectivity index (χ1n) is 5.75. The number of nitrogens with one attached hydrogen (secondary N) is 1. The van der Waals surface area contributed by atoms with Crippen LogP contribution in [0, 0.1) is 11.3 Å². The minimum absolute atomic E-state index is 0.0448. The van der Waals surface area contributed by atoms with E-state index in [2.05, 4.69) is 5.32 Å². The van der Waals surface area contributed by atoms with E-state index >= 15 is 0 Å². The van der Waals surface area contributed by atoms with Gasteiger partial charge in [0.15, 0.2) is 0 Å². The summed E-state index contributed by atoms with van der Waals surface area (Å²) in [6.07, 6.45) is 0. The van der Waals surface area contributed by atoms with Crippen LogP contribution < -0.4 is 5.32 Å². The molecule has 0 bridgehead atoms. The van der Waals surface area contributed by atoms with Crippen LogP contribution in [-0.4, -0.2) is 17.0 Å². The van der Waals surface area contributed by atoms with Gasteiger partial charge >= 0.3 is 5.97 Å². The number of nitrogens with zero attached hydrogens (tertiary/aromatic N) is 1. The average Bonchev–Trinajstić information content (AvgIpc) is 2.47. The number of aromatic carboxylic acids is 1. The lowest BCUT2D eigenvalue weighted by Crippen LogP contribution is -2.12. The first kappa shape index (κ1) is 13.3. The maximum absolute atomic E-state index is 12.0. The van der Waals surface area contributed by atoms with E-state index < -0.39 is 11.9 Å². The Morgan fingerprint density at radius 3 is 2.45 bits per heavy atom. The number of anilines is 1. The Kier molecular flexibility index (Phi) is 3.77. The van der Waals surface area contributed by atoms with E-state index in [1.807, 2.05) is 6.07 Å². The molecule has 2 aromatic rings. The van der Waals surface area contributed by atoms with Crippen LogP contribution in [0.1, 0.15) is 26.3 Å². The number of hydrogen-bond donors (Lipinski definition) is 2. The first-order chi connectivity index (χ1) is 9.60. The predicted molar refractivity (Wildman–Crippen MR) is 72.5 cm³/mol. The summed E-state index contributed by atoms with van der Waals surface area (Å²) in [5.41, 5.74) is 1.20. The smallest absolute Gasteiger partial charge is 0.335 e. The topological polar surface area (TPSA) is 90.2 Å². The Labute approximate surface area is 115 Å². The van der Waals surface area contributed by atoms with Crippen molar-refractivity contribution in [1.82, 2.24) is 0 Å². The number of carbonyl (C=O) groups excluding carboxylic acids is 1. The van der Waals surface area contributed by atoms with Gasteiger partial charge < -0.3 is 10.4 Å². The van der Waals surface area contributed by atoms with Crippen LogP contribution in [0.4, 0.5) is 5.69 Å². The van der Waals surface area contributed by atoms with Crippen LogP contribution >= 0.6 is 0 Å². The number of carboxylic acid groups (broad SMARTS) is 1. The number of carboxylic acids is 1. The van der Waals surface area contributed by atoms with Gasteiger partial charge in [-0.15, -0.1) is 0 Å². The van der Waals surface area contributed by atoms with Crippen molar-refractivity contribution in [2.24, 2.45) is 0 Å². The molecule has 0 aliphatic carbocycles. The largest absolute Gasteiger partial charge is 0.478 e. The zero-order valence-corrected chi connectivity index (χ0v) is 10.3. The van der Waals surface area contributed by atoms with Gasteiger partial charge in [-0.05, 0) is 36.4 Å². The average molecular weight is 266 g/mol. The monoisotopic (exact) mass is 266 g/mol. The normalized spacial score (nSPS) is 9.55. The fraction of sp³-hybridized carbons (Fsp3) is 0. The molecule has 0 saturated carbocycles. The molecule has 2 rings (SSSR count). The molecule has 0 atom stereocenters. The maximum atomic E-state index is 12.0. The molecule has 0 heterocycles. The zero-order valence-electron chi connectivity index (χ0n) is 10.3. The SMILES string of the molecule is N#Cc1cccc(NC(=O)c2cccc(C(=O)O)c2)c1. The number of carbonyl (C=O) groups is 2. The minimum Gasteiger partial charge on any atom is -0.478 e. The third kappa shape index (κ3) is 3.00. The molecule has 0 aliphatic heterocycles. The molecule has 5 heteroatoms. The molecule has 20 heavy (non-hydrogen) atoms. The lowest BCUT2D eigenvalue weighted by atomic mass is 10.1. The quantitative estimate of drug-likeness (QED) is 0.893. The molecular weight excluding hydrogens is 256 g/mol. The van der Waals surface area contributed by atoms with Gasteiger partial charge in [-0.3, -0.25) is 4.79 Å². The highest BCUT2D eigenvalue weighted by Gasteiger charge is 2.09. The van der Waals surface area contributed by atoms with Gasteiger partial charge in [0, 0.05) is 11.3 Å². The van der Waals surface area contributed by atoms with Crippen molar-refractivity contribution < 1.29 is 14.7 Å². The summed E-state index contributed by atoms with van der Waals surface area (Å²) >= 11 is 0. The van der Waals surface area contributed by atoms with Crippen molar-refractivity contribution in [3.05, 3.63) is 65.2 Å². The summed E-state index contributed by atoms with van der Waals surface area (Å²) in [6.45, 7) is 0. The lowest BCUT2D eigenvalue weighted by molar-refractivity contribution is 0.0697. The Balaban J connectivity index is 2.22. The maximum Gasteiger partial charge on any atom is 0.335 e. The van der Waals surface area contributed by atoms with Crippen molar-refractivity contribution in [2.45, 2.75) is 0 Å². The zero-order chi connectivity index (χ0) is 14.5. The van der Waals surface area contributed by atoms with E-state index in [0.717, 1.165) is 0 Å². The first-order valence-corrected chi connectivity index (χ1v) is 5.75. The second-order valence-electron chi connectivity index (χ2n) is 4.03. The van der Waals surface area contributed by atoms with Crippen LogP contribution in [-0.2, 0) is 0 Å². The molecule has 98 valence electrons. The van der Waals surface area contributed by atoms with E-state index in [9.17, 15) is 9.59 Å². The highest BCUT2D eigenvalue weighted by atomic mass is 16.4. The van der Waals surface area contributed by atoms with Crippen LogP contribution in [0.5, 0.6) is 0 Å². The highest BCUT2D eigenvalue weighted by molar-refractivity contribution is 6.05. The van der Waals surface area contributed by atoms with Gasteiger partial charge in [-0.1, -0.05) is 12.1 Å². The summed E-state index contributed by atoms with van der Waals surface area (Å²) in [5.74, 6) is -1.52. The molecule has 2 aromatic carbocycles.